The van der Waals surface area contributed by atoms with Gasteiger partial charge in [0.2, 0.25) is 0 Å². The molecule has 0 unspecified atom stereocenters. The molecule has 37 heavy (non-hydrogen) atoms. The van der Waals surface area contributed by atoms with Crippen LogP contribution in [0.25, 0.3) is 0 Å². The van der Waals surface area contributed by atoms with Crippen LogP contribution in [0.5, 0.6) is 5.75 Å². The molecule has 1 aromatic carbocycles. The quantitative estimate of drug-likeness (QED) is 0.506. The highest BCUT2D eigenvalue weighted by Gasteiger charge is 2.39. The number of halogens is 1. The van der Waals surface area contributed by atoms with Gasteiger partial charge in [0.25, 0.3) is 11.8 Å². The number of nitrogens with zero attached hydrogens (tertiary/aromatic N) is 4. The fraction of sp³-hybridized carbons (Fsp3) is 0.462. The van der Waals surface area contributed by atoms with Crippen molar-refractivity contribution < 1.29 is 19.1 Å². The summed E-state index contributed by atoms with van der Waals surface area (Å²) >= 11 is 7.84. The van der Waals surface area contributed by atoms with Crippen LogP contribution in [0.15, 0.2) is 29.8 Å². The van der Waals surface area contributed by atoms with Gasteiger partial charge in [0.1, 0.15) is 11.4 Å². The minimum absolute atomic E-state index is 0.0116. The molecule has 1 fully saturated rings. The third-order valence-corrected chi connectivity index (χ3v) is 8.55. The summed E-state index contributed by atoms with van der Waals surface area (Å²) in [6.07, 6.45) is 6.44. The number of hydrogen-bond donors (Lipinski definition) is 1. The zero-order valence-corrected chi connectivity index (χ0v) is 21.9. The Balaban J connectivity index is 1.26. The summed E-state index contributed by atoms with van der Waals surface area (Å²) < 4.78 is 13.8. The van der Waals surface area contributed by atoms with E-state index in [1.54, 1.807) is 27.8 Å². The highest BCUT2D eigenvalue weighted by Crippen LogP contribution is 2.32. The second-order valence-electron chi connectivity index (χ2n) is 9.74. The first-order valence-corrected chi connectivity index (χ1v) is 13.9. The Labute approximate surface area is 223 Å². The van der Waals surface area contributed by atoms with Crippen LogP contribution in [0, 0.1) is 0 Å². The number of carbonyl (C=O) groups is 2. The molecule has 11 heteroatoms. The van der Waals surface area contributed by atoms with Crippen LogP contribution < -0.4 is 10.1 Å². The predicted octanol–water partition coefficient (Wildman–Crippen LogP) is 3.49. The van der Waals surface area contributed by atoms with Crippen LogP contribution >= 0.6 is 22.9 Å². The highest BCUT2D eigenvalue weighted by molar-refractivity contribution is 7.12. The van der Waals surface area contributed by atoms with Gasteiger partial charge in [-0.15, -0.1) is 16.4 Å². The standard InChI is InChI=1S/C26H28ClN5O4S/c27-20-7-6-16-10-22(20)35-9-3-8-32-11-18(29-30-32)14-36-23-13-31(12-21(23)28-25(16)33)26(34)24-19-5-2-1-4-17(19)15-37-24/h6-7,10-11,15,21,23H,1-5,8-9,12-14H2,(H,28,33)/t21-,23-/m0/s1. The average Bonchev–Trinajstić information content (AvgIpc) is 3.64. The molecule has 3 aliphatic rings. The number of carbonyl (C=O) groups excluding carboxylic acids is 2. The van der Waals surface area contributed by atoms with Gasteiger partial charge in [-0.2, -0.15) is 0 Å². The molecule has 2 aliphatic heterocycles. The van der Waals surface area contributed by atoms with Gasteiger partial charge in [-0.05, 0) is 60.4 Å². The van der Waals surface area contributed by atoms with Crippen LogP contribution in [-0.2, 0) is 30.7 Å². The van der Waals surface area contributed by atoms with E-state index in [4.69, 9.17) is 21.1 Å². The van der Waals surface area contributed by atoms with Crippen molar-refractivity contribution >= 4 is 34.8 Å². The summed E-state index contributed by atoms with van der Waals surface area (Å²) in [4.78, 5) is 29.4. The number of hydrogen-bond acceptors (Lipinski definition) is 7. The molecule has 194 valence electrons. The van der Waals surface area contributed by atoms with Crippen LogP contribution in [0.1, 0.15) is 56.1 Å². The lowest BCUT2D eigenvalue weighted by atomic mass is 9.94. The number of amides is 2. The number of aryl methyl sites for hydroxylation is 2. The molecule has 9 nitrogen and oxygen atoms in total. The van der Waals surface area contributed by atoms with E-state index in [2.05, 4.69) is 21.0 Å². The Bertz CT molecular complexity index is 1320. The Morgan fingerprint density at radius 1 is 1.19 bits per heavy atom. The van der Waals surface area contributed by atoms with E-state index in [0.717, 1.165) is 24.1 Å². The first-order chi connectivity index (χ1) is 18.0. The first-order valence-electron chi connectivity index (χ1n) is 12.7. The monoisotopic (exact) mass is 541 g/mol. The molecule has 2 amide bonds. The number of fused-ring (bicyclic) bond motifs is 6. The summed E-state index contributed by atoms with van der Waals surface area (Å²) in [6.45, 7) is 2.05. The maximum absolute atomic E-state index is 13.6. The molecule has 4 heterocycles. The van der Waals surface area contributed by atoms with Crippen molar-refractivity contribution in [2.45, 2.75) is 57.4 Å². The molecule has 3 aromatic rings. The lowest BCUT2D eigenvalue weighted by molar-refractivity contribution is 0.0291. The van der Waals surface area contributed by atoms with Crippen molar-refractivity contribution in [3.05, 3.63) is 62.1 Å². The van der Waals surface area contributed by atoms with Crippen molar-refractivity contribution in [2.24, 2.45) is 0 Å². The van der Waals surface area contributed by atoms with E-state index >= 15 is 0 Å². The Morgan fingerprint density at radius 2 is 2.08 bits per heavy atom. The summed E-state index contributed by atoms with van der Waals surface area (Å²) in [5.41, 5.74) is 3.64. The number of thiophene rings is 1. The van der Waals surface area contributed by atoms with Gasteiger partial charge in [-0.25, -0.2) is 0 Å². The number of nitrogens with one attached hydrogen (secondary N) is 1. The average molecular weight is 542 g/mol. The van der Waals surface area contributed by atoms with Gasteiger partial charge in [-0.1, -0.05) is 16.8 Å². The molecular formula is C26H28ClN5O4S. The molecule has 2 aromatic heterocycles. The Hall–Kier alpha value is -2.95. The molecule has 6 rings (SSSR count). The second kappa shape index (κ2) is 10.4. The maximum Gasteiger partial charge on any atom is 0.264 e. The Kier molecular flexibility index (Phi) is 6.88. The van der Waals surface area contributed by atoms with Crippen molar-refractivity contribution in [1.82, 2.24) is 25.2 Å². The third-order valence-electron chi connectivity index (χ3n) is 7.18. The van der Waals surface area contributed by atoms with Gasteiger partial charge >= 0.3 is 0 Å². The number of aromatic nitrogens is 3. The molecule has 0 radical (unpaired) electrons. The normalized spacial score (nSPS) is 22.1. The van der Waals surface area contributed by atoms with E-state index in [1.165, 1.54) is 28.9 Å². The van der Waals surface area contributed by atoms with Crippen molar-refractivity contribution in [2.75, 3.05) is 19.7 Å². The van der Waals surface area contributed by atoms with E-state index in [-0.39, 0.29) is 30.6 Å². The lowest BCUT2D eigenvalue weighted by Gasteiger charge is -2.20. The van der Waals surface area contributed by atoms with Gasteiger partial charge in [0, 0.05) is 31.6 Å². The second-order valence-corrected chi connectivity index (χ2v) is 11.0. The Morgan fingerprint density at radius 3 is 3.00 bits per heavy atom. The predicted molar refractivity (Wildman–Crippen MR) is 138 cm³/mol. The summed E-state index contributed by atoms with van der Waals surface area (Å²) in [7, 11) is 0. The minimum atomic E-state index is -0.384. The molecule has 2 atom stereocenters. The fourth-order valence-electron chi connectivity index (χ4n) is 5.21. The molecular weight excluding hydrogens is 514 g/mol. The molecule has 4 bridgehead atoms. The molecule has 1 aliphatic carbocycles. The van der Waals surface area contributed by atoms with Crippen LogP contribution in [0.4, 0.5) is 0 Å². The van der Waals surface area contributed by atoms with Crippen LogP contribution in [-0.4, -0.2) is 63.6 Å². The van der Waals surface area contributed by atoms with Gasteiger partial charge in [-0.3, -0.25) is 14.3 Å². The van der Waals surface area contributed by atoms with E-state index in [1.807, 2.05) is 6.20 Å². The highest BCUT2D eigenvalue weighted by atomic mass is 35.5. The fourth-order valence-corrected chi connectivity index (χ4v) is 6.51. The largest absolute Gasteiger partial charge is 0.492 e. The topological polar surface area (TPSA) is 98.6 Å². The molecule has 1 N–H and O–H groups in total. The SMILES string of the molecule is O=C1N[C@H]2CN(C(=O)c3scc4c3CCCC4)C[C@@H]2OCc2cn(nn2)CCCOc2cc1ccc2Cl. The zero-order valence-electron chi connectivity index (χ0n) is 20.3. The first kappa shape index (κ1) is 24.4. The van der Waals surface area contributed by atoms with Gasteiger partial charge in [0.15, 0.2) is 0 Å². The molecule has 1 saturated heterocycles. The number of benzene rings is 1. The summed E-state index contributed by atoms with van der Waals surface area (Å²) in [5.74, 6) is 0.206. The molecule has 0 saturated carbocycles. The zero-order chi connectivity index (χ0) is 25.4. The number of likely N-dealkylation sites (tertiary alicyclic amines) is 1. The van der Waals surface area contributed by atoms with Gasteiger partial charge < -0.3 is 19.7 Å². The van der Waals surface area contributed by atoms with Crippen LogP contribution in [0.2, 0.25) is 5.02 Å². The van der Waals surface area contributed by atoms with Crippen molar-refractivity contribution in [3.8, 4) is 5.75 Å². The third kappa shape index (κ3) is 5.10. The summed E-state index contributed by atoms with van der Waals surface area (Å²) in [6, 6.07) is 4.61. The van der Waals surface area contributed by atoms with Crippen molar-refractivity contribution in [1.29, 1.82) is 0 Å². The van der Waals surface area contributed by atoms with Gasteiger partial charge in [0.05, 0.1) is 41.5 Å². The van der Waals surface area contributed by atoms with Crippen molar-refractivity contribution in [3.63, 3.8) is 0 Å². The molecule has 0 spiro atoms. The smallest absolute Gasteiger partial charge is 0.264 e. The van der Waals surface area contributed by atoms with E-state index < -0.39 is 0 Å². The minimum Gasteiger partial charge on any atom is -0.492 e. The van der Waals surface area contributed by atoms with Crippen LogP contribution in [0.3, 0.4) is 0 Å². The van der Waals surface area contributed by atoms with E-state index in [9.17, 15) is 9.59 Å². The maximum atomic E-state index is 13.6. The van der Waals surface area contributed by atoms with E-state index in [0.29, 0.717) is 54.7 Å². The summed E-state index contributed by atoms with van der Waals surface area (Å²) in [5, 5.41) is 14.0. The number of rotatable bonds is 1. The lowest BCUT2D eigenvalue weighted by Crippen LogP contribution is -2.44. The number of ether oxygens (including phenoxy) is 2.